The van der Waals surface area contributed by atoms with Gasteiger partial charge in [-0.05, 0) is 110 Å². The maximum absolute atomic E-state index is 14.0. The summed E-state index contributed by atoms with van der Waals surface area (Å²) < 4.78 is 54.6. The number of hydrogen-bond acceptors (Lipinski definition) is 11. The average Bonchev–Trinajstić information content (AvgIpc) is 3.23. The normalized spacial score (nSPS) is 18.0. The summed E-state index contributed by atoms with van der Waals surface area (Å²) in [6.07, 6.45) is 2.71. The number of nitro groups is 1. The Hall–Kier alpha value is -5.83. The van der Waals surface area contributed by atoms with Crippen molar-refractivity contribution in [3.8, 4) is 46.0 Å². The summed E-state index contributed by atoms with van der Waals surface area (Å²) in [6, 6.07) is 23.6. The van der Waals surface area contributed by atoms with Gasteiger partial charge in [0.15, 0.2) is 45.5 Å². The minimum absolute atomic E-state index is 0.0411. The first-order valence-electron chi connectivity index (χ1n) is 19.1. The van der Waals surface area contributed by atoms with E-state index in [1.165, 1.54) is 17.7 Å². The first-order valence-corrected chi connectivity index (χ1v) is 20.2. The van der Waals surface area contributed by atoms with Gasteiger partial charge < -0.3 is 33.1 Å². The van der Waals surface area contributed by atoms with Crippen LogP contribution in [-0.2, 0) is 36.7 Å². The van der Waals surface area contributed by atoms with E-state index >= 15 is 0 Å². The zero-order chi connectivity index (χ0) is 40.7. The van der Waals surface area contributed by atoms with Crippen LogP contribution in [0.5, 0.6) is 46.0 Å². The molecule has 0 saturated heterocycles. The number of nitrogens with one attached hydrogen (secondary N) is 1. The van der Waals surface area contributed by atoms with Crippen molar-refractivity contribution in [3.05, 3.63) is 122 Å². The molecule has 4 aliphatic heterocycles. The van der Waals surface area contributed by atoms with E-state index < -0.39 is 15.9 Å². The molecule has 5 aromatic rings. The lowest BCUT2D eigenvalue weighted by Crippen LogP contribution is -2.34. The number of para-hydroxylation sites is 1. The lowest BCUT2D eigenvalue weighted by Gasteiger charge is -2.37. The number of rotatable bonds is 8. The molecule has 0 fully saturated rings. The molecule has 0 radical (unpaired) electrons. The molecule has 4 heterocycles. The Morgan fingerprint density at radius 2 is 1.40 bits per heavy atom. The van der Waals surface area contributed by atoms with Gasteiger partial charge >= 0.3 is 0 Å². The fourth-order valence-electron chi connectivity index (χ4n) is 8.36. The highest BCUT2D eigenvalue weighted by molar-refractivity contribution is 7.86. The second kappa shape index (κ2) is 16.2. The van der Waals surface area contributed by atoms with Gasteiger partial charge in [-0.15, -0.1) is 0 Å². The topological polar surface area (TPSA) is 134 Å². The Morgan fingerprint density at radius 3 is 2.10 bits per heavy atom. The fraction of sp³-hybridized carbons (Fsp3) is 0.318. The van der Waals surface area contributed by atoms with Crippen molar-refractivity contribution in [1.82, 2.24) is 9.80 Å². The molecule has 13 nitrogen and oxygen atoms in total. The molecule has 0 spiro atoms. The summed E-state index contributed by atoms with van der Waals surface area (Å²) in [4.78, 5) is 16.1. The lowest BCUT2D eigenvalue weighted by atomic mass is 9.87. The van der Waals surface area contributed by atoms with E-state index in [-0.39, 0.29) is 22.7 Å². The maximum Gasteiger partial charge on any atom is 0.287 e. The van der Waals surface area contributed by atoms with Crippen molar-refractivity contribution in [1.29, 1.82) is 0 Å². The molecule has 0 aromatic heterocycles. The van der Waals surface area contributed by atoms with Crippen LogP contribution in [0.1, 0.15) is 45.5 Å². The Morgan fingerprint density at radius 1 is 0.741 bits per heavy atom. The predicted molar refractivity (Wildman–Crippen MR) is 221 cm³/mol. The van der Waals surface area contributed by atoms with Gasteiger partial charge in [-0.1, -0.05) is 24.3 Å². The number of nitrogens with zero attached hydrogens (tertiary/aromatic N) is 3. The highest BCUT2D eigenvalue weighted by atomic mass is 32.2. The predicted octanol–water partition coefficient (Wildman–Crippen LogP) is 8.21. The highest BCUT2D eigenvalue weighted by Crippen LogP contribution is 2.52. The molecule has 14 heteroatoms. The number of hydrogen-bond donors (Lipinski definition) is 1. The zero-order valence-electron chi connectivity index (χ0n) is 33.3. The van der Waals surface area contributed by atoms with Gasteiger partial charge in [-0.3, -0.25) is 19.9 Å². The Bertz CT molecular complexity index is 2410. The molecular weight excluding hydrogens is 761 g/mol. The molecule has 1 unspecified atom stereocenters. The average molecular weight is 807 g/mol. The molecule has 0 amide bonds. The van der Waals surface area contributed by atoms with Crippen molar-refractivity contribution in [2.24, 2.45) is 0 Å². The third-order valence-electron chi connectivity index (χ3n) is 11.5. The van der Waals surface area contributed by atoms with Crippen molar-refractivity contribution >= 4 is 22.4 Å². The van der Waals surface area contributed by atoms with Crippen LogP contribution < -0.4 is 33.1 Å². The maximum atomic E-state index is 14.0. The summed E-state index contributed by atoms with van der Waals surface area (Å²) >= 11 is 0. The fourth-order valence-corrected chi connectivity index (χ4v) is 9.39. The molecule has 58 heavy (non-hydrogen) atoms. The standard InChI is InChI=1S/C44H46N4O9S/c1-46-17-15-27-21-36(52-3)39-24-31(27)34(46)19-26-11-13-30(14-12-26)56-38-23-29(32(25-37(38)53-4)45-58(51)41-10-8-7-9-33(41)48(49)50)20-35-42-28(16-18-47(35)2)22-40(54-5)43(55-6)44(42)57-39/h7-14,21-25,34-35,45H,15-20H2,1-6H3/t34-,35-,58?/m0/s1. The quantitative estimate of drug-likeness (QED) is 0.120. The Kier molecular flexibility index (Phi) is 10.9. The summed E-state index contributed by atoms with van der Waals surface area (Å²) in [6.45, 7) is 1.62. The number of anilines is 1. The van der Waals surface area contributed by atoms with Crippen LogP contribution in [0.2, 0.25) is 0 Å². The van der Waals surface area contributed by atoms with E-state index in [1.54, 1.807) is 46.6 Å². The largest absolute Gasteiger partial charge is 0.493 e. The number of fused-ring (bicyclic) bond motifs is 2. The van der Waals surface area contributed by atoms with Gasteiger partial charge in [0.2, 0.25) is 5.75 Å². The van der Waals surface area contributed by atoms with Gasteiger partial charge in [0, 0.05) is 42.9 Å². The van der Waals surface area contributed by atoms with Crippen LogP contribution in [0.25, 0.3) is 0 Å². The molecule has 9 rings (SSSR count). The number of ether oxygens (including phenoxy) is 6. The summed E-state index contributed by atoms with van der Waals surface area (Å²) in [7, 11) is 8.61. The number of methoxy groups -OCH3 is 4. The first kappa shape index (κ1) is 39.0. The molecule has 302 valence electrons. The third kappa shape index (κ3) is 7.27. The molecule has 4 aliphatic rings. The minimum atomic E-state index is -2.02. The van der Waals surface area contributed by atoms with Gasteiger partial charge in [-0.25, -0.2) is 4.21 Å². The second-order valence-electron chi connectivity index (χ2n) is 14.7. The van der Waals surface area contributed by atoms with E-state index in [0.717, 1.165) is 53.7 Å². The van der Waals surface area contributed by atoms with Crippen LogP contribution in [0.4, 0.5) is 11.4 Å². The minimum Gasteiger partial charge on any atom is -0.493 e. The van der Waals surface area contributed by atoms with Gasteiger partial charge in [0.25, 0.3) is 5.69 Å². The molecule has 1 N–H and O–H groups in total. The highest BCUT2D eigenvalue weighted by Gasteiger charge is 2.35. The molecule has 6 bridgehead atoms. The van der Waals surface area contributed by atoms with E-state index in [2.05, 4.69) is 52.9 Å². The molecule has 3 atom stereocenters. The lowest BCUT2D eigenvalue weighted by molar-refractivity contribution is -0.387. The Balaban J connectivity index is 1.35. The van der Waals surface area contributed by atoms with Crippen molar-refractivity contribution < 1.29 is 37.6 Å². The monoisotopic (exact) mass is 806 g/mol. The SMILES string of the molecule is COc1cc(NS(=O)c2ccccc2[N+](=O)[O-])c2cc1Oc1ccc(cc1)C[C@H]1c3cc(c(OC)cc3CCN1C)Oc1c(OC)c(OC)cc3c1[C@H](C2)N(C)CC3. The number of benzene rings is 5. The van der Waals surface area contributed by atoms with Crippen molar-refractivity contribution in [2.45, 2.75) is 42.7 Å². The smallest absolute Gasteiger partial charge is 0.287 e. The summed E-state index contributed by atoms with van der Waals surface area (Å²) in [5, 5.41) is 12.0. The van der Waals surface area contributed by atoms with Gasteiger partial charge in [-0.2, -0.15) is 0 Å². The second-order valence-corrected chi connectivity index (χ2v) is 15.9. The van der Waals surface area contributed by atoms with E-state index in [9.17, 15) is 14.3 Å². The van der Waals surface area contributed by atoms with Crippen LogP contribution in [0.3, 0.4) is 0 Å². The summed E-state index contributed by atoms with van der Waals surface area (Å²) in [5.74, 6) is 4.12. The molecular formula is C44H46N4O9S. The number of likely N-dealkylation sites (N-methyl/N-ethyl adjacent to an activating group) is 2. The van der Waals surface area contributed by atoms with E-state index in [4.69, 9.17) is 28.4 Å². The third-order valence-corrected chi connectivity index (χ3v) is 12.6. The van der Waals surface area contributed by atoms with Crippen LogP contribution in [-0.4, -0.2) is 74.6 Å². The Labute approximate surface area is 340 Å². The summed E-state index contributed by atoms with van der Waals surface area (Å²) in [5.41, 5.74) is 6.37. The molecule has 5 aromatic carbocycles. The van der Waals surface area contributed by atoms with Gasteiger partial charge in [0.1, 0.15) is 10.6 Å². The van der Waals surface area contributed by atoms with Crippen LogP contribution in [0, 0.1) is 10.1 Å². The first-order chi connectivity index (χ1) is 28.1. The van der Waals surface area contributed by atoms with Crippen molar-refractivity contribution in [2.75, 3.05) is 60.3 Å². The molecule has 0 saturated carbocycles. The molecule has 0 aliphatic carbocycles. The van der Waals surface area contributed by atoms with E-state index in [0.29, 0.717) is 64.5 Å². The van der Waals surface area contributed by atoms with Gasteiger partial charge in [0.05, 0.1) is 39.0 Å². The van der Waals surface area contributed by atoms with E-state index in [1.807, 2.05) is 24.3 Å². The van der Waals surface area contributed by atoms with Crippen molar-refractivity contribution in [3.63, 3.8) is 0 Å². The number of nitro benzene ring substituents is 1. The van der Waals surface area contributed by atoms with Crippen LogP contribution >= 0.6 is 0 Å². The van der Waals surface area contributed by atoms with Crippen LogP contribution in [0.15, 0.2) is 83.8 Å². The zero-order valence-corrected chi connectivity index (χ0v) is 34.1.